The molecule has 0 saturated carbocycles. The van der Waals surface area contributed by atoms with E-state index in [1.807, 2.05) is 48.5 Å². The van der Waals surface area contributed by atoms with Gasteiger partial charge in [-0.15, -0.1) is 0 Å². The number of rotatable bonds is 4. The van der Waals surface area contributed by atoms with E-state index < -0.39 is 0 Å². The minimum atomic E-state index is -0.307. The smallest absolute Gasteiger partial charge is 0.250 e. The molecular weight excluding hydrogens is 423 g/mol. The normalized spacial score (nSPS) is 10.3. The van der Waals surface area contributed by atoms with Gasteiger partial charge in [-0.25, -0.2) is 0 Å². The van der Waals surface area contributed by atoms with Gasteiger partial charge in [0.25, 0.3) is 0 Å². The lowest BCUT2D eigenvalue weighted by molar-refractivity contribution is -0.115. The van der Waals surface area contributed by atoms with Gasteiger partial charge in [0.2, 0.25) is 5.91 Å². The molecule has 23 heavy (non-hydrogen) atoms. The molecule has 118 valence electrons. The van der Waals surface area contributed by atoms with Gasteiger partial charge < -0.3 is 10.1 Å². The number of nitrogens with one attached hydrogen (secondary N) is 2. The fourth-order valence-electron chi connectivity index (χ4n) is 1.82. The summed E-state index contributed by atoms with van der Waals surface area (Å²) in [7, 11) is 1.59. The standard InChI is InChI=1S/C17H15IN2O2S/c1-22-15-5-3-2-4-12(15)6-11-16(21)20-17(23)19-14-9-7-13(18)8-10-14/h2-11H,1H3,(H2,19,20,21,23). The Bertz CT molecular complexity index is 730. The average molecular weight is 438 g/mol. The topological polar surface area (TPSA) is 50.4 Å². The van der Waals surface area contributed by atoms with Crippen LogP contribution in [0, 0.1) is 3.57 Å². The summed E-state index contributed by atoms with van der Waals surface area (Å²) >= 11 is 7.34. The molecule has 6 heteroatoms. The number of hydrogen-bond donors (Lipinski definition) is 2. The number of carbonyl (C=O) groups excluding carboxylic acids is 1. The van der Waals surface area contributed by atoms with Gasteiger partial charge in [0.05, 0.1) is 7.11 Å². The first-order valence-electron chi connectivity index (χ1n) is 6.77. The van der Waals surface area contributed by atoms with Crippen LogP contribution >= 0.6 is 34.8 Å². The van der Waals surface area contributed by atoms with Crippen LogP contribution in [-0.4, -0.2) is 18.1 Å². The van der Waals surface area contributed by atoms with Crippen molar-refractivity contribution in [3.63, 3.8) is 0 Å². The monoisotopic (exact) mass is 438 g/mol. The quantitative estimate of drug-likeness (QED) is 0.433. The predicted molar refractivity (Wildman–Crippen MR) is 106 cm³/mol. The summed E-state index contributed by atoms with van der Waals surface area (Å²) in [5.74, 6) is 0.398. The molecule has 2 aromatic carbocycles. The first-order valence-corrected chi connectivity index (χ1v) is 8.26. The minimum Gasteiger partial charge on any atom is -0.496 e. The number of methoxy groups -OCH3 is 1. The molecule has 0 unspecified atom stereocenters. The van der Waals surface area contributed by atoms with Crippen molar-refractivity contribution in [2.45, 2.75) is 0 Å². The Morgan fingerprint density at radius 1 is 1.17 bits per heavy atom. The summed E-state index contributed by atoms with van der Waals surface area (Å²) in [6.07, 6.45) is 3.10. The fraction of sp³-hybridized carbons (Fsp3) is 0.0588. The summed E-state index contributed by atoms with van der Waals surface area (Å²) in [6, 6.07) is 15.1. The van der Waals surface area contributed by atoms with Crippen LogP contribution in [-0.2, 0) is 4.79 Å². The Morgan fingerprint density at radius 2 is 1.87 bits per heavy atom. The molecule has 2 N–H and O–H groups in total. The van der Waals surface area contributed by atoms with E-state index in [-0.39, 0.29) is 11.0 Å². The van der Waals surface area contributed by atoms with Crippen molar-refractivity contribution in [1.29, 1.82) is 0 Å². The molecule has 0 atom stereocenters. The zero-order chi connectivity index (χ0) is 16.7. The molecule has 0 bridgehead atoms. The van der Waals surface area contributed by atoms with Gasteiger partial charge in [-0.1, -0.05) is 18.2 Å². The highest BCUT2D eigenvalue weighted by Crippen LogP contribution is 2.18. The van der Waals surface area contributed by atoms with E-state index in [4.69, 9.17) is 17.0 Å². The number of amides is 1. The van der Waals surface area contributed by atoms with Gasteiger partial charge in [0, 0.05) is 20.9 Å². The predicted octanol–water partition coefficient (Wildman–Crippen LogP) is 3.83. The molecule has 1 amide bonds. The molecule has 4 nitrogen and oxygen atoms in total. The summed E-state index contributed by atoms with van der Waals surface area (Å²) in [6.45, 7) is 0. The number of thiocarbonyl (C=S) groups is 1. The molecule has 0 radical (unpaired) electrons. The van der Waals surface area contributed by atoms with Crippen molar-refractivity contribution >= 4 is 57.6 Å². The second-order valence-corrected chi connectivity index (χ2v) is 6.18. The van der Waals surface area contributed by atoms with Gasteiger partial charge in [-0.3, -0.25) is 10.1 Å². The molecule has 0 fully saturated rings. The third kappa shape index (κ3) is 5.65. The van der Waals surface area contributed by atoms with Crippen LogP contribution in [0.5, 0.6) is 5.75 Å². The molecule has 0 aromatic heterocycles. The Kier molecular flexibility index (Phi) is 6.54. The van der Waals surface area contributed by atoms with Crippen LogP contribution in [0.3, 0.4) is 0 Å². The maximum Gasteiger partial charge on any atom is 0.250 e. The number of ether oxygens (including phenoxy) is 1. The lowest BCUT2D eigenvalue weighted by atomic mass is 10.2. The highest BCUT2D eigenvalue weighted by atomic mass is 127. The molecule has 0 aliphatic heterocycles. The maximum absolute atomic E-state index is 11.9. The Balaban J connectivity index is 1.92. The molecule has 0 aliphatic carbocycles. The first-order chi connectivity index (χ1) is 11.1. The Hall–Kier alpha value is -1.93. The molecule has 2 aromatic rings. The molecule has 0 aliphatic rings. The summed E-state index contributed by atoms with van der Waals surface area (Å²) in [5.41, 5.74) is 1.64. The van der Waals surface area contributed by atoms with Crippen LogP contribution in [0.2, 0.25) is 0 Å². The first kappa shape index (κ1) is 17.4. The number of hydrogen-bond acceptors (Lipinski definition) is 3. The van der Waals surface area contributed by atoms with Gasteiger partial charge in [0.1, 0.15) is 5.75 Å². The highest BCUT2D eigenvalue weighted by molar-refractivity contribution is 14.1. The number of para-hydroxylation sites is 1. The van der Waals surface area contributed by atoms with Crippen LogP contribution in [0.4, 0.5) is 5.69 Å². The average Bonchev–Trinajstić information content (AvgIpc) is 2.55. The van der Waals surface area contributed by atoms with Gasteiger partial charge in [-0.2, -0.15) is 0 Å². The van der Waals surface area contributed by atoms with Crippen molar-refractivity contribution in [3.05, 3.63) is 63.7 Å². The van der Waals surface area contributed by atoms with Crippen LogP contribution in [0.15, 0.2) is 54.6 Å². The molecular formula is C17H15IN2O2S. The lowest BCUT2D eigenvalue weighted by Gasteiger charge is -2.08. The third-order valence-electron chi connectivity index (χ3n) is 2.89. The number of anilines is 1. The maximum atomic E-state index is 11.9. The van der Waals surface area contributed by atoms with Gasteiger partial charge in [-0.05, 0) is 71.2 Å². The van der Waals surface area contributed by atoms with Gasteiger partial charge in [0.15, 0.2) is 5.11 Å². The molecule has 0 spiro atoms. The van der Waals surface area contributed by atoms with Gasteiger partial charge >= 0.3 is 0 Å². The van der Waals surface area contributed by atoms with E-state index in [1.165, 1.54) is 6.08 Å². The number of halogens is 1. The zero-order valence-corrected chi connectivity index (χ0v) is 15.4. The van der Waals surface area contributed by atoms with Crippen molar-refractivity contribution in [1.82, 2.24) is 5.32 Å². The van der Waals surface area contributed by atoms with Crippen molar-refractivity contribution in [2.24, 2.45) is 0 Å². The Labute approximate surface area is 154 Å². The second kappa shape index (κ2) is 8.64. The SMILES string of the molecule is COc1ccccc1C=CC(=O)NC(=S)Nc1ccc(I)cc1. The molecule has 2 rings (SSSR count). The summed E-state index contributed by atoms with van der Waals surface area (Å²) < 4.78 is 6.35. The number of carbonyl (C=O) groups is 1. The van der Waals surface area contributed by atoms with E-state index in [9.17, 15) is 4.79 Å². The van der Waals surface area contributed by atoms with Crippen LogP contribution in [0.25, 0.3) is 6.08 Å². The molecule has 0 heterocycles. The third-order valence-corrected chi connectivity index (χ3v) is 3.82. The Morgan fingerprint density at radius 3 is 2.57 bits per heavy atom. The number of benzene rings is 2. The van der Waals surface area contributed by atoms with Crippen molar-refractivity contribution in [3.8, 4) is 5.75 Å². The minimum absolute atomic E-state index is 0.251. The van der Waals surface area contributed by atoms with E-state index >= 15 is 0 Å². The second-order valence-electron chi connectivity index (χ2n) is 4.53. The zero-order valence-electron chi connectivity index (χ0n) is 12.4. The van der Waals surface area contributed by atoms with Crippen LogP contribution < -0.4 is 15.4 Å². The highest BCUT2D eigenvalue weighted by Gasteiger charge is 2.03. The van der Waals surface area contributed by atoms with E-state index in [2.05, 4.69) is 33.2 Å². The fourth-order valence-corrected chi connectivity index (χ4v) is 2.40. The van der Waals surface area contributed by atoms with Crippen LogP contribution in [0.1, 0.15) is 5.56 Å². The summed E-state index contributed by atoms with van der Waals surface area (Å²) in [5, 5.41) is 5.81. The molecule has 0 saturated heterocycles. The van der Waals surface area contributed by atoms with E-state index in [0.717, 1.165) is 14.8 Å². The summed E-state index contributed by atoms with van der Waals surface area (Å²) in [4.78, 5) is 11.9. The van der Waals surface area contributed by atoms with E-state index in [1.54, 1.807) is 13.2 Å². The lowest BCUT2D eigenvalue weighted by Crippen LogP contribution is -2.32. The van der Waals surface area contributed by atoms with Crippen molar-refractivity contribution in [2.75, 3.05) is 12.4 Å². The van der Waals surface area contributed by atoms with Crippen molar-refractivity contribution < 1.29 is 9.53 Å². The largest absolute Gasteiger partial charge is 0.496 e. The van der Waals surface area contributed by atoms with E-state index in [0.29, 0.717) is 5.75 Å².